The number of rotatable bonds is 8. The normalized spacial score (nSPS) is 12.8. The number of ether oxygens (including phenoxy) is 1. The number of azide groups is 1. The molecule has 106 valence electrons. The van der Waals surface area contributed by atoms with E-state index in [2.05, 4.69) is 10.0 Å². The average molecular weight is 276 g/mol. The van der Waals surface area contributed by atoms with Crippen molar-refractivity contribution in [3.8, 4) is 11.8 Å². The molecular formula is C13H16N4O3. The summed E-state index contributed by atoms with van der Waals surface area (Å²) in [5.74, 6) is 0.597. The van der Waals surface area contributed by atoms with Crippen LogP contribution in [0, 0.1) is 11.3 Å². The minimum absolute atomic E-state index is 0.129. The number of nitriles is 1. The Morgan fingerprint density at radius 2 is 2.05 bits per heavy atom. The lowest BCUT2D eigenvalue weighted by molar-refractivity contribution is 0.0150. The van der Waals surface area contributed by atoms with Gasteiger partial charge in [-0.25, -0.2) is 0 Å². The maximum absolute atomic E-state index is 9.92. The lowest BCUT2D eigenvalue weighted by atomic mass is 10.0. The Hall–Kier alpha value is -2.26. The molecule has 0 bridgehead atoms. The molecule has 2 N–H and O–H groups in total. The van der Waals surface area contributed by atoms with Crippen LogP contribution in [0.2, 0.25) is 0 Å². The number of hydrogen-bond donors (Lipinski definition) is 2. The van der Waals surface area contributed by atoms with Crippen molar-refractivity contribution in [2.24, 2.45) is 5.11 Å². The lowest BCUT2D eigenvalue weighted by Gasteiger charge is -2.17. The Balaban J connectivity index is 2.54. The van der Waals surface area contributed by atoms with Gasteiger partial charge in [-0.1, -0.05) is 17.2 Å². The molecule has 0 fully saturated rings. The van der Waals surface area contributed by atoms with Gasteiger partial charge in [0, 0.05) is 11.5 Å². The summed E-state index contributed by atoms with van der Waals surface area (Å²) in [4.78, 5) is 2.58. The molecule has 7 heteroatoms. The molecule has 0 aliphatic carbocycles. The fourth-order valence-corrected chi connectivity index (χ4v) is 1.59. The summed E-state index contributed by atoms with van der Waals surface area (Å²) in [6.45, 7) is 0.442. The van der Waals surface area contributed by atoms with Crippen LogP contribution >= 0.6 is 0 Å². The van der Waals surface area contributed by atoms with Gasteiger partial charge in [-0.3, -0.25) is 0 Å². The Kier molecular flexibility index (Phi) is 6.93. The van der Waals surface area contributed by atoms with Gasteiger partial charge in [-0.05, 0) is 29.6 Å². The number of aliphatic hydroxyl groups excluding tert-OH is 2. The monoisotopic (exact) mass is 276 g/mol. The van der Waals surface area contributed by atoms with Crippen molar-refractivity contribution in [2.45, 2.75) is 25.0 Å². The van der Waals surface area contributed by atoms with Crippen molar-refractivity contribution >= 4 is 0 Å². The summed E-state index contributed by atoms with van der Waals surface area (Å²) < 4.78 is 5.30. The summed E-state index contributed by atoms with van der Waals surface area (Å²) in [6, 6.07) is 8.58. The molecule has 20 heavy (non-hydrogen) atoms. The molecule has 1 aromatic rings. The Morgan fingerprint density at radius 1 is 1.35 bits per heavy atom. The van der Waals surface area contributed by atoms with E-state index in [1.54, 1.807) is 24.3 Å². The quantitative estimate of drug-likeness (QED) is 0.326. The average Bonchev–Trinajstić information content (AvgIpc) is 2.47. The second-order valence-corrected chi connectivity index (χ2v) is 4.08. The second-order valence-electron chi connectivity index (χ2n) is 4.08. The van der Waals surface area contributed by atoms with Gasteiger partial charge in [-0.2, -0.15) is 5.26 Å². The van der Waals surface area contributed by atoms with E-state index in [9.17, 15) is 10.2 Å². The molecule has 2 unspecified atom stereocenters. The minimum atomic E-state index is -1.04. The molecule has 0 aliphatic heterocycles. The van der Waals surface area contributed by atoms with Crippen LogP contribution < -0.4 is 4.74 Å². The lowest BCUT2D eigenvalue weighted by Crippen LogP contribution is -2.19. The van der Waals surface area contributed by atoms with Gasteiger partial charge < -0.3 is 14.9 Å². The standard InChI is InChI=1S/C13H16N4O3/c14-7-1-9-20-11-4-2-10(3-5-11)13(19)12(18)6-8-16-17-15/h2-5,12-13,18-19H,1,6,8-9H2. The molecule has 0 saturated heterocycles. The van der Waals surface area contributed by atoms with Crippen LogP contribution in [0.25, 0.3) is 10.4 Å². The largest absolute Gasteiger partial charge is 0.493 e. The highest BCUT2D eigenvalue weighted by Crippen LogP contribution is 2.22. The molecule has 0 heterocycles. The minimum Gasteiger partial charge on any atom is -0.493 e. The molecule has 0 aromatic heterocycles. The van der Waals surface area contributed by atoms with Crippen molar-refractivity contribution in [1.82, 2.24) is 0 Å². The second kappa shape index (κ2) is 8.77. The Labute approximate surface area is 116 Å². The molecular weight excluding hydrogens is 260 g/mol. The first-order chi connectivity index (χ1) is 9.69. The van der Waals surface area contributed by atoms with Gasteiger partial charge in [0.15, 0.2) is 0 Å². The van der Waals surface area contributed by atoms with Crippen LogP contribution in [0.3, 0.4) is 0 Å². The maximum Gasteiger partial charge on any atom is 0.119 e. The summed E-state index contributed by atoms with van der Waals surface area (Å²) in [5, 5.41) is 31.4. The van der Waals surface area contributed by atoms with Gasteiger partial charge in [0.05, 0.1) is 18.6 Å². The van der Waals surface area contributed by atoms with E-state index in [4.69, 9.17) is 15.5 Å². The topological polar surface area (TPSA) is 122 Å². The molecule has 1 aromatic carbocycles. The third-order valence-electron chi connectivity index (χ3n) is 2.66. The predicted octanol–water partition coefficient (Wildman–Crippen LogP) is 2.07. The summed E-state index contributed by atoms with van der Waals surface area (Å²) in [5.41, 5.74) is 8.68. The Bertz CT molecular complexity index is 491. The summed E-state index contributed by atoms with van der Waals surface area (Å²) in [7, 11) is 0. The highest BCUT2D eigenvalue weighted by atomic mass is 16.5. The SMILES string of the molecule is N#CCCOc1ccc(C(O)C(O)CCN=[N+]=[N-])cc1. The van der Waals surface area contributed by atoms with Crippen molar-refractivity contribution < 1.29 is 14.9 Å². The fraction of sp³-hybridized carbons (Fsp3) is 0.462. The Morgan fingerprint density at radius 3 is 2.65 bits per heavy atom. The van der Waals surface area contributed by atoms with Gasteiger partial charge in [0.1, 0.15) is 18.5 Å². The van der Waals surface area contributed by atoms with Crippen molar-refractivity contribution in [3.05, 3.63) is 40.3 Å². The molecule has 0 amide bonds. The van der Waals surface area contributed by atoms with E-state index >= 15 is 0 Å². The first-order valence-electron chi connectivity index (χ1n) is 6.15. The van der Waals surface area contributed by atoms with Crippen LogP contribution in [-0.4, -0.2) is 29.5 Å². The summed E-state index contributed by atoms with van der Waals surface area (Å²) >= 11 is 0. The molecule has 2 atom stereocenters. The van der Waals surface area contributed by atoms with Gasteiger partial charge in [0.25, 0.3) is 0 Å². The zero-order valence-electron chi connectivity index (χ0n) is 10.9. The van der Waals surface area contributed by atoms with E-state index in [0.717, 1.165) is 0 Å². The van der Waals surface area contributed by atoms with Crippen molar-refractivity contribution in [1.29, 1.82) is 5.26 Å². The number of benzene rings is 1. The van der Waals surface area contributed by atoms with E-state index in [1.165, 1.54) is 0 Å². The number of aliphatic hydroxyl groups is 2. The van der Waals surface area contributed by atoms with Crippen LogP contribution in [0.15, 0.2) is 29.4 Å². The van der Waals surface area contributed by atoms with E-state index in [0.29, 0.717) is 24.3 Å². The number of hydrogen-bond acceptors (Lipinski definition) is 5. The van der Waals surface area contributed by atoms with Gasteiger partial charge >= 0.3 is 0 Å². The predicted molar refractivity (Wildman–Crippen MR) is 71.8 cm³/mol. The van der Waals surface area contributed by atoms with Crippen LogP contribution in [0.4, 0.5) is 0 Å². The first-order valence-corrected chi connectivity index (χ1v) is 6.15. The first kappa shape index (κ1) is 15.8. The molecule has 7 nitrogen and oxygen atoms in total. The molecule has 0 aliphatic rings. The zero-order chi connectivity index (χ0) is 14.8. The molecule has 0 spiro atoms. The van der Waals surface area contributed by atoms with Crippen LogP contribution in [0.5, 0.6) is 5.75 Å². The third-order valence-corrected chi connectivity index (χ3v) is 2.66. The smallest absolute Gasteiger partial charge is 0.119 e. The number of nitrogens with zero attached hydrogens (tertiary/aromatic N) is 4. The highest BCUT2D eigenvalue weighted by Gasteiger charge is 2.17. The van der Waals surface area contributed by atoms with Gasteiger partial charge in [0.2, 0.25) is 0 Å². The van der Waals surface area contributed by atoms with Gasteiger partial charge in [-0.15, -0.1) is 0 Å². The van der Waals surface area contributed by atoms with E-state index < -0.39 is 12.2 Å². The summed E-state index contributed by atoms with van der Waals surface area (Å²) in [6.07, 6.45) is -1.54. The zero-order valence-corrected chi connectivity index (χ0v) is 10.9. The van der Waals surface area contributed by atoms with Crippen molar-refractivity contribution in [3.63, 3.8) is 0 Å². The highest BCUT2D eigenvalue weighted by molar-refractivity contribution is 5.29. The van der Waals surface area contributed by atoms with Crippen LogP contribution in [0.1, 0.15) is 24.5 Å². The molecule has 1 rings (SSSR count). The van der Waals surface area contributed by atoms with Crippen molar-refractivity contribution in [2.75, 3.05) is 13.2 Å². The maximum atomic E-state index is 9.92. The van der Waals surface area contributed by atoms with E-state index in [1.807, 2.05) is 6.07 Å². The molecule has 0 saturated carbocycles. The van der Waals surface area contributed by atoms with Crippen LogP contribution in [-0.2, 0) is 0 Å². The van der Waals surface area contributed by atoms with E-state index in [-0.39, 0.29) is 13.0 Å². The fourth-order valence-electron chi connectivity index (χ4n) is 1.59. The third kappa shape index (κ3) is 5.16. The molecule has 0 radical (unpaired) electrons.